The number of hydrogen-bond donors (Lipinski definition) is 2. The van der Waals surface area contributed by atoms with Gasteiger partial charge in [-0.2, -0.15) is 5.26 Å². The molecule has 0 aliphatic carbocycles. The molecule has 2 N–H and O–H groups in total. The van der Waals surface area contributed by atoms with Crippen molar-refractivity contribution in [1.29, 1.82) is 5.26 Å². The van der Waals surface area contributed by atoms with Gasteiger partial charge in [-0.25, -0.2) is 4.79 Å². The predicted octanol–water partition coefficient (Wildman–Crippen LogP) is 7.74. The van der Waals surface area contributed by atoms with Crippen LogP contribution >= 0.6 is 23.2 Å². The van der Waals surface area contributed by atoms with Gasteiger partial charge in [0.15, 0.2) is 0 Å². The van der Waals surface area contributed by atoms with Crippen LogP contribution in [0.1, 0.15) is 35.4 Å². The summed E-state index contributed by atoms with van der Waals surface area (Å²) in [4.78, 5) is 19.6. The second-order valence-corrected chi connectivity index (χ2v) is 11.3. The van der Waals surface area contributed by atoms with Gasteiger partial charge < -0.3 is 10.6 Å². The van der Waals surface area contributed by atoms with Crippen molar-refractivity contribution in [2.24, 2.45) is 5.92 Å². The lowest BCUT2D eigenvalue weighted by Gasteiger charge is -2.36. The highest BCUT2D eigenvalue weighted by Gasteiger charge is 2.28. The molecule has 1 fully saturated rings. The number of halogens is 2. The molecule has 2 amide bonds. The molecule has 1 aliphatic rings. The standard InChI is InChI=1S/C33H31Cl2N5O/c34-29-16-30(35)18-31(17-29)39-33(41)38-21-32(27-10-13-40(14-11-27)22-24-4-2-12-37-20-24)26-8-6-25(7-9-26)28-5-1-3-23(15-28)19-36/h1-9,12,15-18,20,27,32H,10-11,13-14,21-22H2,(H2,38,39,41). The summed E-state index contributed by atoms with van der Waals surface area (Å²) in [5.74, 6) is 0.553. The number of nitriles is 1. The quantitative estimate of drug-likeness (QED) is 0.222. The molecular weight excluding hydrogens is 553 g/mol. The molecule has 1 atom stereocenters. The summed E-state index contributed by atoms with van der Waals surface area (Å²) < 4.78 is 0. The molecule has 5 rings (SSSR count). The molecule has 41 heavy (non-hydrogen) atoms. The number of carbonyl (C=O) groups excluding carboxylic acids is 1. The molecule has 208 valence electrons. The van der Waals surface area contributed by atoms with Gasteiger partial charge in [0, 0.05) is 47.1 Å². The first kappa shape index (κ1) is 28.6. The number of piperidine rings is 1. The van der Waals surface area contributed by atoms with Crippen molar-refractivity contribution in [3.8, 4) is 17.2 Å². The van der Waals surface area contributed by atoms with E-state index >= 15 is 0 Å². The molecule has 0 bridgehead atoms. The SMILES string of the molecule is N#Cc1cccc(-c2ccc(C(CNC(=O)Nc3cc(Cl)cc(Cl)c3)C3CCN(Cc4cccnc4)CC3)cc2)c1. The van der Waals surface area contributed by atoms with Crippen LogP contribution in [0, 0.1) is 17.2 Å². The Morgan fingerprint density at radius 2 is 1.73 bits per heavy atom. The van der Waals surface area contributed by atoms with E-state index in [0.29, 0.717) is 33.8 Å². The second kappa shape index (κ2) is 13.6. The highest BCUT2D eigenvalue weighted by atomic mass is 35.5. The molecule has 6 nitrogen and oxygen atoms in total. The van der Waals surface area contributed by atoms with E-state index in [0.717, 1.165) is 43.6 Å². The fourth-order valence-corrected chi connectivity index (χ4v) is 6.04. The Balaban J connectivity index is 1.29. The molecular formula is C33H31Cl2N5O. The Morgan fingerprint density at radius 3 is 2.41 bits per heavy atom. The van der Waals surface area contributed by atoms with Crippen LogP contribution in [0.4, 0.5) is 10.5 Å². The summed E-state index contributed by atoms with van der Waals surface area (Å²) in [5.41, 5.74) is 5.65. The van der Waals surface area contributed by atoms with Gasteiger partial charge in [0.05, 0.1) is 11.6 Å². The summed E-state index contributed by atoms with van der Waals surface area (Å²) in [5, 5.41) is 16.1. The Kier molecular flexibility index (Phi) is 9.53. The predicted molar refractivity (Wildman–Crippen MR) is 165 cm³/mol. The summed E-state index contributed by atoms with van der Waals surface area (Å²) >= 11 is 12.2. The van der Waals surface area contributed by atoms with Gasteiger partial charge in [0.25, 0.3) is 0 Å². The number of anilines is 1. The van der Waals surface area contributed by atoms with Crippen molar-refractivity contribution in [3.05, 3.63) is 118 Å². The Labute approximate surface area is 250 Å². The molecule has 1 saturated heterocycles. The minimum atomic E-state index is -0.299. The summed E-state index contributed by atoms with van der Waals surface area (Å²) in [6.07, 6.45) is 5.79. The first-order chi connectivity index (χ1) is 20.0. The van der Waals surface area contributed by atoms with Crippen LogP contribution in [-0.2, 0) is 6.54 Å². The number of benzene rings is 3. The fourth-order valence-electron chi connectivity index (χ4n) is 5.51. The van der Waals surface area contributed by atoms with Gasteiger partial charge in [0.1, 0.15) is 0 Å². The van der Waals surface area contributed by atoms with Crippen LogP contribution in [0.5, 0.6) is 0 Å². The molecule has 0 spiro atoms. The van der Waals surface area contributed by atoms with E-state index in [1.165, 1.54) is 11.1 Å². The average molecular weight is 585 g/mol. The van der Waals surface area contributed by atoms with Crippen molar-refractivity contribution in [2.75, 3.05) is 25.0 Å². The van der Waals surface area contributed by atoms with Gasteiger partial charge in [-0.3, -0.25) is 9.88 Å². The van der Waals surface area contributed by atoms with Crippen LogP contribution in [-0.4, -0.2) is 35.5 Å². The number of hydrogen-bond acceptors (Lipinski definition) is 4. The zero-order valence-electron chi connectivity index (χ0n) is 22.6. The Hall–Kier alpha value is -3.89. The third-order valence-electron chi connectivity index (χ3n) is 7.60. The minimum Gasteiger partial charge on any atom is -0.337 e. The van der Waals surface area contributed by atoms with E-state index in [1.54, 1.807) is 24.4 Å². The molecule has 3 aromatic carbocycles. The first-order valence-corrected chi connectivity index (χ1v) is 14.4. The lowest BCUT2D eigenvalue weighted by atomic mass is 9.79. The number of nitrogens with one attached hydrogen (secondary N) is 2. The van der Waals surface area contributed by atoms with Crippen LogP contribution in [0.3, 0.4) is 0 Å². The van der Waals surface area contributed by atoms with Crippen LogP contribution in [0.25, 0.3) is 11.1 Å². The summed E-state index contributed by atoms with van der Waals surface area (Å²) in [6, 6.07) is 27.1. The van der Waals surface area contributed by atoms with Gasteiger partial charge in [-0.1, -0.05) is 65.7 Å². The Bertz CT molecular complexity index is 1490. The number of aromatic nitrogens is 1. The number of pyridine rings is 1. The summed E-state index contributed by atoms with van der Waals surface area (Å²) in [6.45, 7) is 3.37. The maximum absolute atomic E-state index is 12.9. The third kappa shape index (κ3) is 7.86. The molecule has 8 heteroatoms. The van der Waals surface area contributed by atoms with Crippen molar-refractivity contribution in [1.82, 2.24) is 15.2 Å². The van der Waals surface area contributed by atoms with Gasteiger partial charge in [-0.05, 0) is 90.5 Å². The van der Waals surface area contributed by atoms with Crippen LogP contribution in [0.2, 0.25) is 10.0 Å². The molecule has 1 unspecified atom stereocenters. The molecule has 1 aliphatic heterocycles. The zero-order chi connectivity index (χ0) is 28.6. The number of urea groups is 1. The number of likely N-dealkylation sites (tertiary alicyclic amines) is 1. The molecule has 2 heterocycles. The van der Waals surface area contributed by atoms with Crippen molar-refractivity contribution in [3.63, 3.8) is 0 Å². The van der Waals surface area contributed by atoms with E-state index in [4.69, 9.17) is 23.2 Å². The third-order valence-corrected chi connectivity index (χ3v) is 8.03. The molecule has 4 aromatic rings. The van der Waals surface area contributed by atoms with E-state index in [9.17, 15) is 10.1 Å². The highest BCUT2D eigenvalue weighted by molar-refractivity contribution is 6.35. The lowest BCUT2D eigenvalue weighted by molar-refractivity contribution is 0.160. The van der Waals surface area contributed by atoms with Gasteiger partial charge in [0.2, 0.25) is 0 Å². The second-order valence-electron chi connectivity index (χ2n) is 10.4. The van der Waals surface area contributed by atoms with E-state index in [-0.39, 0.29) is 11.9 Å². The van der Waals surface area contributed by atoms with Crippen molar-refractivity contribution >= 4 is 34.9 Å². The maximum atomic E-state index is 12.9. The molecule has 1 aromatic heterocycles. The molecule has 0 saturated carbocycles. The van der Waals surface area contributed by atoms with E-state index < -0.39 is 0 Å². The number of nitrogens with zero attached hydrogens (tertiary/aromatic N) is 3. The maximum Gasteiger partial charge on any atom is 0.319 e. The monoisotopic (exact) mass is 583 g/mol. The normalized spacial score (nSPS) is 14.7. The molecule has 0 radical (unpaired) electrons. The van der Waals surface area contributed by atoms with Crippen molar-refractivity contribution < 1.29 is 4.79 Å². The van der Waals surface area contributed by atoms with Crippen LogP contribution in [0.15, 0.2) is 91.3 Å². The smallest absolute Gasteiger partial charge is 0.319 e. The van der Waals surface area contributed by atoms with Crippen LogP contribution < -0.4 is 10.6 Å². The zero-order valence-corrected chi connectivity index (χ0v) is 24.1. The topological polar surface area (TPSA) is 81.0 Å². The average Bonchev–Trinajstić information content (AvgIpc) is 2.98. The number of carbonyl (C=O) groups is 1. The number of amides is 2. The van der Waals surface area contributed by atoms with E-state index in [2.05, 4.69) is 56.9 Å². The highest BCUT2D eigenvalue weighted by Crippen LogP contribution is 2.34. The van der Waals surface area contributed by atoms with Crippen molar-refractivity contribution in [2.45, 2.75) is 25.3 Å². The first-order valence-electron chi connectivity index (χ1n) is 13.7. The van der Waals surface area contributed by atoms with Gasteiger partial charge in [-0.15, -0.1) is 0 Å². The number of rotatable bonds is 8. The minimum absolute atomic E-state index is 0.142. The largest absolute Gasteiger partial charge is 0.337 e. The fraction of sp³-hybridized carbons (Fsp3) is 0.242. The Morgan fingerprint density at radius 1 is 0.976 bits per heavy atom. The summed E-state index contributed by atoms with van der Waals surface area (Å²) in [7, 11) is 0. The van der Waals surface area contributed by atoms with Gasteiger partial charge >= 0.3 is 6.03 Å². The van der Waals surface area contributed by atoms with E-state index in [1.807, 2.05) is 36.5 Å². The lowest BCUT2D eigenvalue weighted by Crippen LogP contribution is -2.39.